The number of halogens is 2. The fraction of sp³-hybridized carbons (Fsp3) is 0. The summed E-state index contributed by atoms with van der Waals surface area (Å²) in [5.74, 6) is -0.984. The second-order valence-corrected chi connectivity index (χ2v) is 5.06. The van der Waals surface area contributed by atoms with Gasteiger partial charge < -0.3 is 5.11 Å². The predicted octanol–water partition coefficient (Wildman–Crippen LogP) is 4.03. The lowest BCUT2D eigenvalue weighted by atomic mass is 10.2. The summed E-state index contributed by atoms with van der Waals surface area (Å²) >= 11 is 12.1. The van der Waals surface area contributed by atoms with Crippen molar-refractivity contribution < 1.29 is 9.90 Å². The third kappa shape index (κ3) is 2.13. The van der Waals surface area contributed by atoms with E-state index in [-0.39, 0.29) is 5.56 Å². The summed E-state index contributed by atoms with van der Waals surface area (Å²) in [5, 5.41) is 10.1. The number of carbonyl (C=O) groups is 1. The molecule has 100 valence electrons. The van der Waals surface area contributed by atoms with E-state index in [2.05, 4.69) is 4.98 Å². The van der Waals surface area contributed by atoms with E-state index < -0.39 is 5.97 Å². The number of carboxylic acid groups (broad SMARTS) is 1. The van der Waals surface area contributed by atoms with E-state index in [1.54, 1.807) is 41.2 Å². The average molecular weight is 307 g/mol. The molecule has 0 amide bonds. The first kappa shape index (κ1) is 13.0. The van der Waals surface area contributed by atoms with Crippen LogP contribution in [0.1, 0.15) is 10.4 Å². The van der Waals surface area contributed by atoms with E-state index in [1.165, 1.54) is 6.07 Å². The maximum atomic E-state index is 11.1. The molecular weight excluding hydrogens is 299 g/mol. The van der Waals surface area contributed by atoms with Gasteiger partial charge in [-0.25, -0.2) is 9.78 Å². The number of nitrogens with zero attached hydrogens (tertiary/aromatic N) is 2. The summed E-state index contributed by atoms with van der Waals surface area (Å²) in [7, 11) is 0. The van der Waals surface area contributed by atoms with Gasteiger partial charge in [-0.2, -0.15) is 0 Å². The molecule has 1 aromatic heterocycles. The van der Waals surface area contributed by atoms with Crippen molar-refractivity contribution in [1.29, 1.82) is 0 Å². The summed E-state index contributed by atoms with van der Waals surface area (Å²) < 4.78 is 1.74. The number of fused-ring (bicyclic) bond motifs is 1. The van der Waals surface area contributed by atoms with Gasteiger partial charge in [0.05, 0.1) is 27.3 Å². The summed E-state index contributed by atoms with van der Waals surface area (Å²) in [6, 6.07) is 9.86. The molecule has 3 rings (SSSR count). The van der Waals surface area contributed by atoms with Gasteiger partial charge in [0.2, 0.25) is 0 Å². The number of aromatic carboxylic acids is 1. The smallest absolute Gasteiger partial charge is 0.335 e. The van der Waals surface area contributed by atoms with Crippen molar-refractivity contribution >= 4 is 40.2 Å². The molecule has 0 spiro atoms. The van der Waals surface area contributed by atoms with E-state index in [1.807, 2.05) is 0 Å². The SMILES string of the molecule is O=C(O)c1ccc2ncn(-c3ccc(Cl)cc3Cl)c2c1. The summed E-state index contributed by atoms with van der Waals surface area (Å²) in [6.45, 7) is 0. The second kappa shape index (κ2) is 4.81. The van der Waals surface area contributed by atoms with Crippen LogP contribution < -0.4 is 0 Å². The van der Waals surface area contributed by atoms with Crippen molar-refractivity contribution in [3.63, 3.8) is 0 Å². The van der Waals surface area contributed by atoms with Crippen molar-refractivity contribution in [2.75, 3.05) is 0 Å². The molecule has 1 N–H and O–H groups in total. The third-order valence-corrected chi connectivity index (χ3v) is 3.50. The van der Waals surface area contributed by atoms with Gasteiger partial charge in [0.25, 0.3) is 0 Å². The summed E-state index contributed by atoms with van der Waals surface area (Å²) in [6.07, 6.45) is 1.60. The zero-order valence-corrected chi connectivity index (χ0v) is 11.6. The van der Waals surface area contributed by atoms with Crippen molar-refractivity contribution in [2.24, 2.45) is 0 Å². The molecular formula is C14H8Cl2N2O2. The Hall–Kier alpha value is -2.04. The molecule has 0 aliphatic carbocycles. The Balaban J connectivity index is 2.25. The Morgan fingerprint density at radius 3 is 2.65 bits per heavy atom. The molecule has 0 bridgehead atoms. The largest absolute Gasteiger partial charge is 0.478 e. The van der Waals surface area contributed by atoms with Crippen LogP contribution in [0.15, 0.2) is 42.7 Å². The Bertz CT molecular complexity index is 827. The molecule has 6 heteroatoms. The van der Waals surface area contributed by atoms with Crippen molar-refractivity contribution in [2.45, 2.75) is 0 Å². The molecule has 0 aliphatic rings. The van der Waals surface area contributed by atoms with Gasteiger partial charge in [0.15, 0.2) is 0 Å². The normalized spacial score (nSPS) is 10.9. The standard InChI is InChI=1S/C14H8Cl2N2O2/c15-9-2-4-12(10(16)6-9)18-7-17-11-3-1-8(14(19)20)5-13(11)18/h1-7H,(H,19,20). The van der Waals surface area contributed by atoms with Crippen LogP contribution in [-0.4, -0.2) is 20.6 Å². The van der Waals surface area contributed by atoms with E-state index >= 15 is 0 Å². The van der Waals surface area contributed by atoms with E-state index in [4.69, 9.17) is 28.3 Å². The zero-order chi connectivity index (χ0) is 14.3. The average Bonchev–Trinajstić information content (AvgIpc) is 2.81. The summed E-state index contributed by atoms with van der Waals surface area (Å²) in [5.41, 5.74) is 2.26. The van der Waals surface area contributed by atoms with Crippen LogP contribution >= 0.6 is 23.2 Å². The number of rotatable bonds is 2. The highest BCUT2D eigenvalue weighted by Gasteiger charge is 2.11. The van der Waals surface area contributed by atoms with Gasteiger partial charge in [-0.15, -0.1) is 0 Å². The van der Waals surface area contributed by atoms with E-state index in [0.717, 1.165) is 0 Å². The Morgan fingerprint density at radius 1 is 1.15 bits per heavy atom. The van der Waals surface area contributed by atoms with Crippen LogP contribution in [0.5, 0.6) is 0 Å². The molecule has 3 aromatic rings. The molecule has 0 fully saturated rings. The molecule has 0 atom stereocenters. The zero-order valence-electron chi connectivity index (χ0n) is 10.0. The predicted molar refractivity (Wildman–Crippen MR) is 78.0 cm³/mol. The monoisotopic (exact) mass is 306 g/mol. The van der Waals surface area contributed by atoms with Crippen molar-refractivity contribution in [3.05, 3.63) is 58.3 Å². The molecule has 4 nitrogen and oxygen atoms in total. The van der Waals surface area contributed by atoms with Crippen LogP contribution in [0.25, 0.3) is 16.7 Å². The Morgan fingerprint density at radius 2 is 1.95 bits per heavy atom. The molecule has 2 aromatic carbocycles. The number of hydrogen-bond donors (Lipinski definition) is 1. The minimum Gasteiger partial charge on any atom is -0.478 e. The first-order valence-corrected chi connectivity index (χ1v) is 6.47. The Kier molecular flexibility index (Phi) is 3.12. The highest BCUT2D eigenvalue weighted by Crippen LogP contribution is 2.27. The maximum absolute atomic E-state index is 11.1. The fourth-order valence-electron chi connectivity index (χ4n) is 2.01. The van der Waals surface area contributed by atoms with E-state index in [9.17, 15) is 4.79 Å². The molecule has 0 aliphatic heterocycles. The first-order chi connectivity index (χ1) is 9.56. The van der Waals surface area contributed by atoms with Gasteiger partial charge >= 0.3 is 5.97 Å². The molecule has 0 radical (unpaired) electrons. The maximum Gasteiger partial charge on any atom is 0.335 e. The highest BCUT2D eigenvalue weighted by molar-refractivity contribution is 6.35. The van der Waals surface area contributed by atoms with Gasteiger partial charge in [0, 0.05) is 5.02 Å². The number of aromatic nitrogens is 2. The minimum absolute atomic E-state index is 0.198. The fourth-order valence-corrected chi connectivity index (χ4v) is 2.51. The number of carboxylic acids is 1. The lowest BCUT2D eigenvalue weighted by Crippen LogP contribution is -1.98. The Labute approximate surface area is 124 Å². The quantitative estimate of drug-likeness (QED) is 0.777. The van der Waals surface area contributed by atoms with Gasteiger partial charge in [-0.05, 0) is 36.4 Å². The van der Waals surface area contributed by atoms with Crippen LogP contribution in [0.2, 0.25) is 10.0 Å². The van der Waals surface area contributed by atoms with Crippen LogP contribution in [0, 0.1) is 0 Å². The number of imidazole rings is 1. The second-order valence-electron chi connectivity index (χ2n) is 4.22. The van der Waals surface area contributed by atoms with Crippen LogP contribution in [0.4, 0.5) is 0 Å². The third-order valence-electron chi connectivity index (χ3n) is 2.96. The highest BCUT2D eigenvalue weighted by atomic mass is 35.5. The number of hydrogen-bond acceptors (Lipinski definition) is 2. The van der Waals surface area contributed by atoms with Gasteiger partial charge in [0.1, 0.15) is 6.33 Å². The van der Waals surface area contributed by atoms with Crippen molar-refractivity contribution in [1.82, 2.24) is 9.55 Å². The van der Waals surface area contributed by atoms with Gasteiger partial charge in [-0.1, -0.05) is 23.2 Å². The first-order valence-electron chi connectivity index (χ1n) is 5.72. The van der Waals surface area contributed by atoms with E-state index in [0.29, 0.717) is 26.8 Å². The molecule has 20 heavy (non-hydrogen) atoms. The molecule has 0 saturated carbocycles. The molecule has 0 saturated heterocycles. The van der Waals surface area contributed by atoms with Gasteiger partial charge in [-0.3, -0.25) is 4.57 Å². The lowest BCUT2D eigenvalue weighted by molar-refractivity contribution is 0.0697. The minimum atomic E-state index is -0.984. The lowest BCUT2D eigenvalue weighted by Gasteiger charge is -2.07. The number of benzene rings is 2. The van der Waals surface area contributed by atoms with Crippen molar-refractivity contribution in [3.8, 4) is 5.69 Å². The van der Waals surface area contributed by atoms with Crippen LogP contribution in [0.3, 0.4) is 0 Å². The van der Waals surface area contributed by atoms with Crippen LogP contribution in [-0.2, 0) is 0 Å². The topological polar surface area (TPSA) is 55.1 Å². The summed E-state index contributed by atoms with van der Waals surface area (Å²) in [4.78, 5) is 15.3. The molecule has 0 unspecified atom stereocenters. The molecule has 1 heterocycles.